The van der Waals surface area contributed by atoms with Gasteiger partial charge in [0.15, 0.2) is 23.3 Å². The number of nitrogens with zero attached hydrogens (tertiary/aromatic N) is 1. The molecule has 0 aromatic heterocycles. The molecule has 8 nitrogen and oxygen atoms in total. The second kappa shape index (κ2) is 10.5. The molecule has 0 bridgehead atoms. The van der Waals surface area contributed by atoms with Crippen LogP contribution in [0.15, 0.2) is 52.4 Å². The summed E-state index contributed by atoms with van der Waals surface area (Å²) in [6, 6.07) is 12.5. The minimum atomic E-state index is -0.577. The van der Waals surface area contributed by atoms with E-state index in [1.54, 1.807) is 24.3 Å². The molecule has 2 aromatic carbocycles. The lowest BCUT2D eigenvalue weighted by atomic mass is 10.2. The van der Waals surface area contributed by atoms with Crippen LogP contribution in [-0.2, 0) is 9.59 Å². The number of benzene rings is 2. The number of amides is 2. The number of nitrogens with two attached hydrogens (primary N) is 1. The van der Waals surface area contributed by atoms with Gasteiger partial charge in [0.05, 0.1) is 23.8 Å². The van der Waals surface area contributed by atoms with Gasteiger partial charge in [0.2, 0.25) is 0 Å². The summed E-state index contributed by atoms with van der Waals surface area (Å²) in [4.78, 5) is 28.3. The van der Waals surface area contributed by atoms with E-state index in [1.165, 1.54) is 11.8 Å². The Kier molecular flexibility index (Phi) is 7.55. The van der Waals surface area contributed by atoms with Gasteiger partial charge in [0, 0.05) is 0 Å². The van der Waals surface area contributed by atoms with E-state index >= 15 is 0 Å². The third-order valence-electron chi connectivity index (χ3n) is 3.96. The van der Waals surface area contributed by atoms with Crippen LogP contribution in [0.25, 0.3) is 6.08 Å². The van der Waals surface area contributed by atoms with Crippen molar-refractivity contribution >= 4 is 40.5 Å². The number of primary amides is 1. The van der Waals surface area contributed by atoms with Crippen LogP contribution in [0.1, 0.15) is 19.4 Å². The van der Waals surface area contributed by atoms with E-state index < -0.39 is 5.91 Å². The number of thioether (sulfide) groups is 1. The molecule has 0 aliphatic carbocycles. The number of hydrogen-bond donors (Lipinski definition) is 2. The van der Waals surface area contributed by atoms with E-state index in [0.717, 1.165) is 11.3 Å². The summed E-state index contributed by atoms with van der Waals surface area (Å²) in [6.07, 6.45) is 1.74. The van der Waals surface area contributed by atoms with Crippen LogP contribution in [0.2, 0.25) is 0 Å². The average molecular weight is 442 g/mol. The molecular weight excluding hydrogens is 418 g/mol. The molecular formula is C22H23N3O5S. The number of hydrogen-bond acceptors (Lipinski definition) is 7. The molecule has 1 heterocycles. The van der Waals surface area contributed by atoms with Crippen LogP contribution in [0, 0.1) is 0 Å². The van der Waals surface area contributed by atoms with Crippen LogP contribution in [0.4, 0.5) is 5.69 Å². The third kappa shape index (κ3) is 6.26. The molecule has 162 valence electrons. The van der Waals surface area contributed by atoms with Gasteiger partial charge >= 0.3 is 0 Å². The second-order valence-electron chi connectivity index (χ2n) is 6.30. The van der Waals surface area contributed by atoms with Crippen molar-refractivity contribution in [3.8, 4) is 17.2 Å². The van der Waals surface area contributed by atoms with Crippen molar-refractivity contribution in [2.75, 3.05) is 19.8 Å². The molecule has 1 fully saturated rings. The van der Waals surface area contributed by atoms with E-state index in [4.69, 9.17) is 19.9 Å². The molecule has 1 aliphatic heterocycles. The van der Waals surface area contributed by atoms with Crippen molar-refractivity contribution < 1.29 is 23.8 Å². The Hall–Kier alpha value is -3.46. The molecule has 2 aromatic rings. The Morgan fingerprint density at radius 1 is 1.06 bits per heavy atom. The lowest BCUT2D eigenvalue weighted by Gasteiger charge is -2.11. The quantitative estimate of drug-likeness (QED) is 0.578. The van der Waals surface area contributed by atoms with Gasteiger partial charge in [-0.15, -0.1) is 0 Å². The zero-order valence-electron chi connectivity index (χ0n) is 17.2. The molecule has 0 spiro atoms. The molecule has 3 rings (SSSR count). The first kappa shape index (κ1) is 22.2. The van der Waals surface area contributed by atoms with Crippen LogP contribution in [0.3, 0.4) is 0 Å². The predicted octanol–water partition coefficient (Wildman–Crippen LogP) is 3.24. The van der Waals surface area contributed by atoms with Crippen molar-refractivity contribution in [3.05, 3.63) is 52.9 Å². The van der Waals surface area contributed by atoms with E-state index in [-0.39, 0.29) is 12.5 Å². The maximum Gasteiger partial charge on any atom is 0.264 e. The highest BCUT2D eigenvalue weighted by Crippen LogP contribution is 2.32. The summed E-state index contributed by atoms with van der Waals surface area (Å²) in [7, 11) is 0. The summed E-state index contributed by atoms with van der Waals surface area (Å²) in [5.41, 5.74) is 6.58. The van der Waals surface area contributed by atoms with Gasteiger partial charge in [-0.25, -0.2) is 4.99 Å². The second-order valence-corrected chi connectivity index (χ2v) is 7.33. The van der Waals surface area contributed by atoms with Crippen molar-refractivity contribution in [1.29, 1.82) is 0 Å². The fourth-order valence-electron chi connectivity index (χ4n) is 2.68. The van der Waals surface area contributed by atoms with Crippen LogP contribution >= 0.6 is 11.8 Å². The topological polar surface area (TPSA) is 112 Å². The molecule has 0 atom stereocenters. The maximum atomic E-state index is 12.4. The minimum Gasteiger partial charge on any atom is -0.494 e. The first-order chi connectivity index (χ1) is 15.0. The summed E-state index contributed by atoms with van der Waals surface area (Å²) in [5, 5.41) is 3.26. The zero-order valence-corrected chi connectivity index (χ0v) is 18.0. The Labute approximate surface area is 184 Å². The lowest BCUT2D eigenvalue weighted by molar-refractivity contribution is -0.120. The first-order valence-electron chi connectivity index (χ1n) is 9.69. The lowest BCUT2D eigenvalue weighted by Crippen LogP contribution is -2.20. The first-order valence-corrected chi connectivity index (χ1v) is 10.5. The van der Waals surface area contributed by atoms with E-state index in [2.05, 4.69) is 10.3 Å². The normalized spacial score (nSPS) is 15.7. The highest BCUT2D eigenvalue weighted by molar-refractivity contribution is 8.18. The van der Waals surface area contributed by atoms with Crippen molar-refractivity contribution in [2.45, 2.75) is 13.8 Å². The highest BCUT2D eigenvalue weighted by Gasteiger charge is 2.24. The zero-order chi connectivity index (χ0) is 22.2. The molecule has 0 unspecified atom stereocenters. The fraction of sp³-hybridized carbons (Fsp3) is 0.227. The number of rotatable bonds is 9. The maximum absolute atomic E-state index is 12.4. The van der Waals surface area contributed by atoms with Crippen molar-refractivity contribution in [2.24, 2.45) is 10.7 Å². The van der Waals surface area contributed by atoms with Gasteiger partial charge in [-0.3, -0.25) is 9.59 Å². The monoisotopic (exact) mass is 441 g/mol. The molecule has 1 saturated heterocycles. The van der Waals surface area contributed by atoms with Gasteiger partial charge in [-0.05, 0) is 73.6 Å². The predicted molar refractivity (Wildman–Crippen MR) is 121 cm³/mol. The molecule has 0 radical (unpaired) electrons. The molecule has 3 N–H and O–H groups in total. The highest BCUT2D eigenvalue weighted by atomic mass is 32.2. The van der Waals surface area contributed by atoms with Crippen LogP contribution in [0.5, 0.6) is 17.2 Å². The number of nitrogens with one attached hydrogen (secondary N) is 1. The SMILES string of the molecule is CCOc1ccc(N=C2NC(=O)/C(=C\c3ccc(OCC(N)=O)c(OCC)c3)S2)cc1. The van der Waals surface area contributed by atoms with E-state index in [9.17, 15) is 9.59 Å². The summed E-state index contributed by atoms with van der Waals surface area (Å²) >= 11 is 1.25. The van der Waals surface area contributed by atoms with Gasteiger partial charge in [0.1, 0.15) is 5.75 Å². The minimum absolute atomic E-state index is 0.235. The largest absolute Gasteiger partial charge is 0.494 e. The van der Waals surface area contributed by atoms with Crippen LogP contribution in [-0.4, -0.2) is 36.8 Å². The molecule has 2 amide bonds. The van der Waals surface area contributed by atoms with E-state index in [1.807, 2.05) is 38.1 Å². The standard InChI is InChI=1S/C22H23N3O5S/c1-3-28-16-8-6-15(7-9-16)24-22-25-21(27)19(31-22)12-14-5-10-17(30-13-20(23)26)18(11-14)29-4-2/h5-12H,3-4,13H2,1-2H3,(H2,23,26)(H,24,25,27)/b19-12+. The third-order valence-corrected chi connectivity index (χ3v) is 4.87. The Morgan fingerprint density at radius 3 is 2.48 bits per heavy atom. The fourth-order valence-corrected chi connectivity index (χ4v) is 3.53. The average Bonchev–Trinajstić information content (AvgIpc) is 3.08. The molecule has 1 aliphatic rings. The van der Waals surface area contributed by atoms with Gasteiger partial charge in [0.25, 0.3) is 11.8 Å². The Balaban J connectivity index is 1.76. The number of carbonyl (C=O) groups excluding carboxylic acids is 2. The van der Waals surface area contributed by atoms with E-state index in [0.29, 0.717) is 40.5 Å². The van der Waals surface area contributed by atoms with Crippen LogP contribution < -0.4 is 25.3 Å². The summed E-state index contributed by atoms with van der Waals surface area (Å²) in [5.74, 6) is 0.825. The Morgan fingerprint density at radius 2 is 1.81 bits per heavy atom. The van der Waals surface area contributed by atoms with Gasteiger partial charge in [-0.1, -0.05) is 6.07 Å². The molecule has 9 heteroatoms. The van der Waals surface area contributed by atoms with Gasteiger partial charge in [-0.2, -0.15) is 0 Å². The molecule has 0 saturated carbocycles. The summed E-state index contributed by atoms with van der Waals surface area (Å²) in [6.45, 7) is 4.53. The van der Waals surface area contributed by atoms with Gasteiger partial charge < -0.3 is 25.3 Å². The Bertz CT molecular complexity index is 1020. The summed E-state index contributed by atoms with van der Waals surface area (Å²) < 4.78 is 16.4. The smallest absolute Gasteiger partial charge is 0.264 e. The van der Waals surface area contributed by atoms with Crippen molar-refractivity contribution in [3.63, 3.8) is 0 Å². The number of aliphatic imine (C=N–C) groups is 1. The number of amidine groups is 1. The number of carbonyl (C=O) groups is 2. The van der Waals surface area contributed by atoms with Crippen molar-refractivity contribution in [1.82, 2.24) is 5.32 Å². The number of ether oxygens (including phenoxy) is 3. The molecule has 31 heavy (non-hydrogen) atoms.